The molecule has 4 heteroatoms. The Hall–Kier alpha value is -2.36. The smallest absolute Gasteiger partial charge is 0.242 e. The zero-order valence-electron chi connectivity index (χ0n) is 13.4. The summed E-state index contributed by atoms with van der Waals surface area (Å²) in [5, 5.41) is 5.42. The van der Waals surface area contributed by atoms with Crippen LogP contribution in [0.15, 0.2) is 42.5 Å². The molecule has 2 aromatic carbocycles. The van der Waals surface area contributed by atoms with Crippen molar-refractivity contribution < 1.29 is 9.59 Å². The summed E-state index contributed by atoms with van der Waals surface area (Å²) in [4.78, 5) is 25.5. The third-order valence-corrected chi connectivity index (χ3v) is 4.49. The molecule has 2 amide bonds. The highest BCUT2D eigenvalue weighted by atomic mass is 16.2. The summed E-state index contributed by atoms with van der Waals surface area (Å²) in [7, 11) is 0. The van der Waals surface area contributed by atoms with Gasteiger partial charge in [-0.1, -0.05) is 42.5 Å². The van der Waals surface area contributed by atoms with Crippen molar-refractivity contribution in [1.82, 2.24) is 10.2 Å². The Labute approximate surface area is 136 Å². The maximum atomic E-state index is 12.3. The van der Waals surface area contributed by atoms with Crippen LogP contribution in [0.5, 0.6) is 0 Å². The third kappa shape index (κ3) is 3.52. The molecule has 0 saturated carbocycles. The summed E-state index contributed by atoms with van der Waals surface area (Å²) in [6, 6.07) is 14.3. The van der Waals surface area contributed by atoms with Crippen molar-refractivity contribution in [2.75, 3.05) is 13.1 Å². The Morgan fingerprint density at radius 3 is 2.74 bits per heavy atom. The van der Waals surface area contributed by atoms with Crippen LogP contribution in [0.25, 0.3) is 10.8 Å². The summed E-state index contributed by atoms with van der Waals surface area (Å²) in [5.74, 6) is -0.0457. The van der Waals surface area contributed by atoms with Gasteiger partial charge in [-0.15, -0.1) is 0 Å². The first-order valence-electron chi connectivity index (χ1n) is 8.18. The average Bonchev–Trinajstić information content (AvgIpc) is 3.04. The zero-order chi connectivity index (χ0) is 16.2. The second kappa shape index (κ2) is 6.82. The predicted octanol–water partition coefficient (Wildman–Crippen LogP) is 2.51. The standard InChI is InChI=1S/C19H22N2O2/c1-14(22)21-12-4-7-18(21)19(23)20-11-10-15-8-9-16-5-2-3-6-17(16)13-15/h2-3,5-6,8-9,13,18H,4,7,10-12H2,1H3,(H,20,23). The van der Waals surface area contributed by atoms with Crippen molar-refractivity contribution >= 4 is 22.6 Å². The number of nitrogens with zero attached hydrogens (tertiary/aromatic N) is 1. The van der Waals surface area contributed by atoms with E-state index in [9.17, 15) is 9.59 Å². The third-order valence-electron chi connectivity index (χ3n) is 4.49. The first kappa shape index (κ1) is 15.5. The number of fused-ring (bicyclic) bond motifs is 1. The van der Waals surface area contributed by atoms with Gasteiger partial charge in [-0.25, -0.2) is 0 Å². The Balaban J connectivity index is 1.56. The van der Waals surface area contributed by atoms with Crippen molar-refractivity contribution in [2.45, 2.75) is 32.2 Å². The first-order valence-corrected chi connectivity index (χ1v) is 8.18. The van der Waals surface area contributed by atoms with Crippen molar-refractivity contribution in [3.8, 4) is 0 Å². The Bertz CT molecular complexity index is 726. The van der Waals surface area contributed by atoms with Crippen LogP contribution in [0.1, 0.15) is 25.3 Å². The maximum absolute atomic E-state index is 12.3. The van der Waals surface area contributed by atoms with Crippen molar-refractivity contribution in [2.24, 2.45) is 0 Å². The molecule has 0 aromatic heterocycles. The predicted molar refractivity (Wildman–Crippen MR) is 91.1 cm³/mol. The fourth-order valence-electron chi connectivity index (χ4n) is 3.26. The summed E-state index contributed by atoms with van der Waals surface area (Å²) < 4.78 is 0. The van der Waals surface area contributed by atoms with E-state index in [-0.39, 0.29) is 17.9 Å². The molecule has 120 valence electrons. The van der Waals surface area contributed by atoms with Gasteiger partial charge < -0.3 is 10.2 Å². The topological polar surface area (TPSA) is 49.4 Å². The fraction of sp³-hybridized carbons (Fsp3) is 0.368. The van der Waals surface area contributed by atoms with E-state index in [2.05, 4.69) is 35.6 Å². The number of benzene rings is 2. The lowest BCUT2D eigenvalue weighted by Gasteiger charge is -2.22. The highest BCUT2D eigenvalue weighted by molar-refractivity contribution is 5.87. The molecule has 1 atom stereocenters. The van der Waals surface area contributed by atoms with Gasteiger partial charge in [0.25, 0.3) is 0 Å². The lowest BCUT2D eigenvalue weighted by Crippen LogP contribution is -2.45. The number of nitrogens with one attached hydrogen (secondary N) is 1. The number of hydrogen-bond acceptors (Lipinski definition) is 2. The molecule has 0 radical (unpaired) electrons. The highest BCUT2D eigenvalue weighted by Gasteiger charge is 2.31. The molecule has 1 unspecified atom stereocenters. The van der Waals surface area contributed by atoms with E-state index in [4.69, 9.17) is 0 Å². The Morgan fingerprint density at radius 2 is 1.96 bits per heavy atom. The van der Waals surface area contributed by atoms with Gasteiger partial charge in [-0.2, -0.15) is 0 Å². The molecule has 2 aromatic rings. The molecule has 1 heterocycles. The van der Waals surface area contributed by atoms with E-state index in [0.29, 0.717) is 13.1 Å². The molecule has 0 bridgehead atoms. The molecule has 1 aliphatic heterocycles. The van der Waals surface area contributed by atoms with Crippen LogP contribution in [-0.4, -0.2) is 35.8 Å². The Morgan fingerprint density at radius 1 is 1.17 bits per heavy atom. The molecule has 1 aliphatic rings. The molecular weight excluding hydrogens is 288 g/mol. The second-order valence-electron chi connectivity index (χ2n) is 6.09. The number of likely N-dealkylation sites (tertiary alicyclic amines) is 1. The van der Waals surface area contributed by atoms with E-state index < -0.39 is 0 Å². The van der Waals surface area contributed by atoms with Gasteiger partial charge in [0.15, 0.2) is 0 Å². The van der Waals surface area contributed by atoms with Gasteiger partial charge >= 0.3 is 0 Å². The summed E-state index contributed by atoms with van der Waals surface area (Å²) in [6.45, 7) is 2.82. The number of carbonyl (C=O) groups is 2. The largest absolute Gasteiger partial charge is 0.354 e. The highest BCUT2D eigenvalue weighted by Crippen LogP contribution is 2.18. The Kier molecular flexibility index (Phi) is 4.60. The van der Waals surface area contributed by atoms with E-state index in [1.807, 2.05) is 12.1 Å². The monoisotopic (exact) mass is 310 g/mol. The van der Waals surface area contributed by atoms with Crippen molar-refractivity contribution in [3.63, 3.8) is 0 Å². The number of carbonyl (C=O) groups excluding carboxylic acids is 2. The van der Waals surface area contributed by atoms with Crippen LogP contribution < -0.4 is 5.32 Å². The minimum Gasteiger partial charge on any atom is -0.354 e. The molecule has 1 saturated heterocycles. The van der Waals surface area contributed by atoms with Crippen LogP contribution in [0.2, 0.25) is 0 Å². The maximum Gasteiger partial charge on any atom is 0.242 e. The van der Waals surface area contributed by atoms with E-state index >= 15 is 0 Å². The van der Waals surface area contributed by atoms with Crippen LogP contribution >= 0.6 is 0 Å². The first-order chi connectivity index (χ1) is 11.1. The molecule has 3 rings (SSSR count). The van der Waals surface area contributed by atoms with Crippen LogP contribution in [0, 0.1) is 0 Å². The van der Waals surface area contributed by atoms with Crippen LogP contribution in [0.4, 0.5) is 0 Å². The summed E-state index contributed by atoms with van der Waals surface area (Å²) in [5.41, 5.74) is 1.21. The van der Waals surface area contributed by atoms with Gasteiger partial charge in [-0.05, 0) is 35.6 Å². The normalized spacial score (nSPS) is 17.4. The molecule has 0 aliphatic carbocycles. The van der Waals surface area contributed by atoms with E-state index in [0.717, 1.165) is 19.3 Å². The number of amides is 2. The SMILES string of the molecule is CC(=O)N1CCCC1C(=O)NCCc1ccc2ccccc2c1. The van der Waals surface area contributed by atoms with Crippen LogP contribution in [0.3, 0.4) is 0 Å². The van der Waals surface area contributed by atoms with Gasteiger partial charge in [0, 0.05) is 20.0 Å². The van der Waals surface area contributed by atoms with Gasteiger partial charge in [0.1, 0.15) is 6.04 Å². The summed E-state index contributed by atoms with van der Waals surface area (Å²) >= 11 is 0. The number of rotatable bonds is 4. The van der Waals surface area contributed by atoms with E-state index in [1.54, 1.807) is 4.90 Å². The molecule has 1 fully saturated rings. The molecule has 23 heavy (non-hydrogen) atoms. The molecular formula is C19H22N2O2. The number of hydrogen-bond donors (Lipinski definition) is 1. The summed E-state index contributed by atoms with van der Waals surface area (Å²) in [6.07, 6.45) is 2.47. The zero-order valence-corrected chi connectivity index (χ0v) is 13.4. The van der Waals surface area contributed by atoms with Gasteiger partial charge in [0.05, 0.1) is 0 Å². The quantitative estimate of drug-likeness (QED) is 0.943. The average molecular weight is 310 g/mol. The van der Waals surface area contributed by atoms with Gasteiger partial charge in [0.2, 0.25) is 11.8 Å². The second-order valence-corrected chi connectivity index (χ2v) is 6.09. The van der Waals surface area contributed by atoms with Gasteiger partial charge in [-0.3, -0.25) is 9.59 Å². The van der Waals surface area contributed by atoms with Crippen molar-refractivity contribution in [3.05, 3.63) is 48.0 Å². The molecule has 1 N–H and O–H groups in total. The fourth-order valence-corrected chi connectivity index (χ4v) is 3.26. The van der Waals surface area contributed by atoms with Crippen molar-refractivity contribution in [1.29, 1.82) is 0 Å². The van der Waals surface area contributed by atoms with E-state index in [1.165, 1.54) is 23.3 Å². The molecule has 4 nitrogen and oxygen atoms in total. The minimum absolute atomic E-state index is 0.0165. The molecule has 0 spiro atoms. The lowest BCUT2D eigenvalue weighted by molar-refractivity contribution is -0.136. The van der Waals surface area contributed by atoms with Crippen LogP contribution in [-0.2, 0) is 16.0 Å². The minimum atomic E-state index is -0.288. The lowest BCUT2D eigenvalue weighted by atomic mass is 10.1.